The summed E-state index contributed by atoms with van der Waals surface area (Å²) in [7, 11) is 0. The number of carbonyl (C=O) groups is 2. The van der Waals surface area contributed by atoms with E-state index >= 15 is 0 Å². The molecule has 0 aliphatic carbocycles. The van der Waals surface area contributed by atoms with Gasteiger partial charge in [0.2, 0.25) is 0 Å². The molecule has 0 saturated carbocycles. The zero-order valence-electron chi connectivity index (χ0n) is 19.1. The minimum Gasteiger partial charge on any atom is -0.508 e. The van der Waals surface area contributed by atoms with Crippen LogP contribution >= 0.6 is 0 Å². The molecule has 5 N–H and O–H groups in total. The predicted octanol–water partition coefficient (Wildman–Crippen LogP) is 1.75. The van der Waals surface area contributed by atoms with Crippen molar-refractivity contribution in [1.29, 1.82) is 0 Å². The summed E-state index contributed by atoms with van der Waals surface area (Å²) in [6.45, 7) is 0.980. The van der Waals surface area contributed by atoms with Crippen LogP contribution in [0.25, 0.3) is 12.2 Å². The maximum absolute atomic E-state index is 12.4. The molecule has 1 unspecified atom stereocenters. The molecule has 0 heterocycles. The van der Waals surface area contributed by atoms with Crippen molar-refractivity contribution in [2.45, 2.75) is 20.3 Å². The fourth-order valence-electron chi connectivity index (χ4n) is 2.73. The van der Waals surface area contributed by atoms with Gasteiger partial charge in [-0.3, -0.25) is 9.59 Å². The molecule has 9 nitrogen and oxygen atoms in total. The molecule has 1 atom stereocenters. The lowest BCUT2D eigenvalue weighted by molar-refractivity contribution is -0.150. The van der Waals surface area contributed by atoms with Gasteiger partial charge in [-0.1, -0.05) is 24.3 Å². The van der Waals surface area contributed by atoms with Gasteiger partial charge in [-0.25, -0.2) is 0 Å². The molecular weight excluding hydrogens is 444 g/mol. The summed E-state index contributed by atoms with van der Waals surface area (Å²) in [5, 5.41) is 47.2. The van der Waals surface area contributed by atoms with E-state index in [1.807, 2.05) is 0 Å². The highest BCUT2D eigenvalue weighted by atomic mass is 16.5. The largest absolute Gasteiger partial charge is 0.508 e. The Morgan fingerprint density at radius 3 is 1.85 bits per heavy atom. The molecule has 2 rings (SSSR count). The minimum atomic E-state index is -1.40. The summed E-state index contributed by atoms with van der Waals surface area (Å²) in [5.74, 6) is -1.28. The second kappa shape index (κ2) is 11.8. The van der Waals surface area contributed by atoms with E-state index in [1.165, 1.54) is 32.0 Å². The summed E-state index contributed by atoms with van der Waals surface area (Å²) in [5.41, 5.74) is -1.40. The van der Waals surface area contributed by atoms with Gasteiger partial charge >= 0.3 is 11.9 Å². The average molecular weight is 475 g/mol. The molecule has 34 heavy (non-hydrogen) atoms. The van der Waals surface area contributed by atoms with Crippen molar-refractivity contribution < 1.29 is 44.6 Å². The molecule has 0 spiro atoms. The van der Waals surface area contributed by atoms with Crippen LogP contribution in [0.1, 0.15) is 31.4 Å². The molecular formula is C25H30O9. The van der Waals surface area contributed by atoms with Crippen molar-refractivity contribution in [3.63, 3.8) is 0 Å². The third kappa shape index (κ3) is 6.88. The Morgan fingerprint density at radius 2 is 1.29 bits per heavy atom. The second-order valence-corrected chi connectivity index (χ2v) is 8.51. The predicted molar refractivity (Wildman–Crippen MR) is 124 cm³/mol. The van der Waals surface area contributed by atoms with Gasteiger partial charge in [0.05, 0.1) is 25.2 Å². The first-order valence-corrected chi connectivity index (χ1v) is 10.6. The summed E-state index contributed by atoms with van der Waals surface area (Å²) in [4.78, 5) is 24.5. The quantitative estimate of drug-likeness (QED) is 0.186. The number of hydrogen-bond donors (Lipinski definition) is 5. The first kappa shape index (κ1) is 27.0. The number of phenols is 1. The zero-order chi connectivity index (χ0) is 25.4. The summed E-state index contributed by atoms with van der Waals surface area (Å²) in [6, 6.07) is 10.7. The van der Waals surface area contributed by atoms with E-state index in [0.29, 0.717) is 5.56 Å². The molecule has 184 valence electrons. The molecule has 0 bridgehead atoms. The Balaban J connectivity index is 2.12. The second-order valence-electron chi connectivity index (χ2n) is 8.51. The molecule has 0 aromatic heterocycles. The molecule has 0 aliphatic heterocycles. The monoisotopic (exact) mass is 474 g/mol. The minimum absolute atomic E-state index is 0.0262. The SMILES string of the molecule is CC(CO)(CO)C(=O)Oc1ccc(/C=C/c2cc(O)cc(OC(=O)C(C)(CO)CCO)c2)cc1. The lowest BCUT2D eigenvalue weighted by Crippen LogP contribution is -2.38. The van der Waals surface area contributed by atoms with Crippen molar-refractivity contribution in [3.05, 3.63) is 53.6 Å². The van der Waals surface area contributed by atoms with Crippen molar-refractivity contribution in [2.24, 2.45) is 10.8 Å². The van der Waals surface area contributed by atoms with Crippen LogP contribution in [0.5, 0.6) is 17.2 Å². The normalized spacial score (nSPS) is 13.5. The number of benzene rings is 2. The molecule has 9 heteroatoms. The van der Waals surface area contributed by atoms with Crippen LogP contribution in [0, 0.1) is 10.8 Å². The molecule has 2 aromatic carbocycles. The first-order valence-electron chi connectivity index (χ1n) is 10.6. The van der Waals surface area contributed by atoms with E-state index < -0.39 is 42.6 Å². The number of hydrogen-bond acceptors (Lipinski definition) is 9. The van der Waals surface area contributed by atoms with Crippen LogP contribution in [0.3, 0.4) is 0 Å². The molecule has 0 aliphatic rings. The highest BCUT2D eigenvalue weighted by molar-refractivity contribution is 5.80. The fourth-order valence-corrected chi connectivity index (χ4v) is 2.73. The number of carbonyl (C=O) groups excluding carboxylic acids is 2. The average Bonchev–Trinajstić information content (AvgIpc) is 2.82. The molecule has 2 aromatic rings. The third-order valence-electron chi connectivity index (χ3n) is 5.38. The zero-order valence-corrected chi connectivity index (χ0v) is 19.1. The van der Waals surface area contributed by atoms with Gasteiger partial charge in [0, 0.05) is 12.7 Å². The van der Waals surface area contributed by atoms with Crippen LogP contribution in [-0.4, -0.2) is 63.9 Å². The number of phenolic OH excluding ortho intramolecular Hbond substituents is 1. The highest BCUT2D eigenvalue weighted by Crippen LogP contribution is 2.28. The van der Waals surface area contributed by atoms with Crippen molar-refractivity contribution in [2.75, 3.05) is 26.4 Å². The van der Waals surface area contributed by atoms with Gasteiger partial charge < -0.3 is 35.0 Å². The first-order chi connectivity index (χ1) is 16.1. The number of aromatic hydroxyl groups is 1. The molecule has 0 fully saturated rings. The van der Waals surface area contributed by atoms with E-state index in [1.54, 1.807) is 36.4 Å². The fraction of sp³-hybridized carbons (Fsp3) is 0.360. The van der Waals surface area contributed by atoms with E-state index in [0.717, 1.165) is 5.56 Å². The Kier molecular flexibility index (Phi) is 9.34. The van der Waals surface area contributed by atoms with Gasteiger partial charge in [0.15, 0.2) is 0 Å². The molecule has 0 amide bonds. The van der Waals surface area contributed by atoms with E-state index in [2.05, 4.69) is 0 Å². The summed E-state index contributed by atoms with van der Waals surface area (Å²) >= 11 is 0. The van der Waals surface area contributed by atoms with E-state index in [-0.39, 0.29) is 30.3 Å². The number of aliphatic hydroxyl groups excluding tert-OH is 4. The van der Waals surface area contributed by atoms with E-state index in [4.69, 9.17) is 14.6 Å². The van der Waals surface area contributed by atoms with Crippen LogP contribution in [-0.2, 0) is 9.59 Å². The van der Waals surface area contributed by atoms with Gasteiger partial charge in [-0.15, -0.1) is 0 Å². The maximum atomic E-state index is 12.4. The smallest absolute Gasteiger partial charge is 0.321 e. The molecule has 0 saturated heterocycles. The van der Waals surface area contributed by atoms with Crippen LogP contribution < -0.4 is 9.47 Å². The highest BCUT2D eigenvalue weighted by Gasteiger charge is 2.35. The maximum Gasteiger partial charge on any atom is 0.321 e. The summed E-state index contributed by atoms with van der Waals surface area (Å²) in [6.07, 6.45) is 3.42. The Morgan fingerprint density at radius 1 is 0.765 bits per heavy atom. The van der Waals surface area contributed by atoms with Gasteiger partial charge in [0.1, 0.15) is 22.7 Å². The van der Waals surface area contributed by atoms with Gasteiger partial charge in [0.25, 0.3) is 0 Å². The standard InChI is InChI=1S/C25H30O9/c1-24(14-27,9-10-26)22(31)34-21-12-18(11-19(30)13-21)4-3-17-5-7-20(8-6-17)33-23(32)25(2,15-28)16-29/h3-8,11-13,26-30H,9-10,14-16H2,1-2H3/b4-3+. The topological polar surface area (TPSA) is 154 Å². The number of esters is 2. The Labute approximate surface area is 197 Å². The lowest BCUT2D eigenvalue weighted by atomic mass is 9.88. The van der Waals surface area contributed by atoms with Crippen molar-refractivity contribution in [3.8, 4) is 17.2 Å². The number of aliphatic hydroxyl groups is 4. The van der Waals surface area contributed by atoms with Gasteiger partial charge in [-0.2, -0.15) is 0 Å². The number of rotatable bonds is 11. The summed E-state index contributed by atoms with van der Waals surface area (Å²) < 4.78 is 10.5. The molecule has 0 radical (unpaired) electrons. The Bertz CT molecular complexity index is 1010. The van der Waals surface area contributed by atoms with Crippen molar-refractivity contribution in [1.82, 2.24) is 0 Å². The van der Waals surface area contributed by atoms with Crippen molar-refractivity contribution >= 4 is 24.1 Å². The number of ether oxygens (including phenoxy) is 2. The Hall–Kier alpha value is -3.24. The van der Waals surface area contributed by atoms with Crippen LogP contribution in [0.4, 0.5) is 0 Å². The van der Waals surface area contributed by atoms with Gasteiger partial charge in [-0.05, 0) is 55.7 Å². The van der Waals surface area contributed by atoms with E-state index in [9.17, 15) is 30.0 Å². The lowest BCUT2D eigenvalue weighted by Gasteiger charge is -2.23. The third-order valence-corrected chi connectivity index (χ3v) is 5.38. The van der Waals surface area contributed by atoms with Crippen LogP contribution in [0.15, 0.2) is 42.5 Å². The van der Waals surface area contributed by atoms with Crippen LogP contribution in [0.2, 0.25) is 0 Å².